The van der Waals surface area contributed by atoms with Crippen molar-refractivity contribution in [1.82, 2.24) is 10.2 Å². The predicted molar refractivity (Wildman–Crippen MR) is 68.8 cm³/mol. The van der Waals surface area contributed by atoms with Gasteiger partial charge in [-0.2, -0.15) is 0 Å². The smallest absolute Gasteiger partial charge is 0.0588 e. The number of likely N-dealkylation sites (N-methyl/N-ethyl adjacent to an activating group) is 1. The summed E-state index contributed by atoms with van der Waals surface area (Å²) in [6, 6.07) is 0.585. The number of hydrogen-bond donors (Lipinski definition) is 1. The van der Waals surface area contributed by atoms with E-state index >= 15 is 0 Å². The van der Waals surface area contributed by atoms with Gasteiger partial charge in [0.25, 0.3) is 0 Å². The van der Waals surface area contributed by atoms with E-state index in [0.717, 1.165) is 32.8 Å². The normalized spacial score (nSPS) is 22.9. The highest BCUT2D eigenvalue weighted by Gasteiger charge is 2.15. The highest BCUT2D eigenvalue weighted by molar-refractivity contribution is 4.70. The van der Waals surface area contributed by atoms with Crippen LogP contribution in [0.5, 0.6) is 0 Å². The summed E-state index contributed by atoms with van der Waals surface area (Å²) in [4.78, 5) is 2.46. The molecule has 0 aliphatic carbocycles. The van der Waals surface area contributed by atoms with Gasteiger partial charge in [0.2, 0.25) is 0 Å². The van der Waals surface area contributed by atoms with Gasteiger partial charge in [0, 0.05) is 19.2 Å². The molecular weight excluding hydrogens is 200 g/mol. The van der Waals surface area contributed by atoms with E-state index in [1.54, 1.807) is 0 Å². The molecule has 0 bridgehead atoms. The molecule has 3 heteroatoms. The summed E-state index contributed by atoms with van der Waals surface area (Å²) < 4.78 is 5.61. The molecule has 1 heterocycles. The van der Waals surface area contributed by atoms with Crippen LogP contribution in [-0.4, -0.2) is 49.8 Å². The van der Waals surface area contributed by atoms with Gasteiger partial charge in [-0.15, -0.1) is 0 Å². The Morgan fingerprint density at radius 1 is 1.38 bits per heavy atom. The fraction of sp³-hybridized carbons (Fsp3) is 1.00. The van der Waals surface area contributed by atoms with E-state index in [1.807, 2.05) is 0 Å². The third kappa shape index (κ3) is 5.28. The Bertz CT molecular complexity index is 165. The summed E-state index contributed by atoms with van der Waals surface area (Å²) in [7, 11) is 0. The molecular formula is C13H28N2O. The number of rotatable bonds is 8. The maximum atomic E-state index is 5.61. The van der Waals surface area contributed by atoms with Crippen molar-refractivity contribution in [2.75, 3.05) is 32.8 Å². The molecule has 2 unspecified atom stereocenters. The zero-order valence-corrected chi connectivity index (χ0v) is 11.2. The second kappa shape index (κ2) is 8.04. The summed E-state index contributed by atoms with van der Waals surface area (Å²) in [6.07, 6.45) is 4.20. The molecule has 0 aromatic carbocycles. The third-order valence-electron chi connectivity index (χ3n) is 3.41. The molecule has 0 radical (unpaired) electrons. The van der Waals surface area contributed by atoms with E-state index in [-0.39, 0.29) is 0 Å². The van der Waals surface area contributed by atoms with Gasteiger partial charge >= 0.3 is 0 Å². The highest BCUT2D eigenvalue weighted by Crippen LogP contribution is 2.14. The lowest BCUT2D eigenvalue weighted by atomic mass is 10.2. The fourth-order valence-corrected chi connectivity index (χ4v) is 2.30. The Balaban J connectivity index is 2.02. The molecule has 0 aromatic heterocycles. The predicted octanol–water partition coefficient (Wildman–Crippen LogP) is 1.88. The summed E-state index contributed by atoms with van der Waals surface area (Å²) in [6.45, 7) is 12.2. The first-order valence-corrected chi connectivity index (χ1v) is 6.83. The highest BCUT2D eigenvalue weighted by atomic mass is 16.5. The summed E-state index contributed by atoms with van der Waals surface area (Å²) in [5, 5.41) is 3.59. The minimum atomic E-state index is 0.521. The maximum Gasteiger partial charge on any atom is 0.0588 e. The Kier molecular flexibility index (Phi) is 7.01. The molecule has 2 atom stereocenters. The molecule has 0 aromatic rings. The lowest BCUT2D eigenvalue weighted by molar-refractivity contribution is 0.103. The maximum absolute atomic E-state index is 5.61. The second-order valence-corrected chi connectivity index (χ2v) is 4.76. The van der Waals surface area contributed by atoms with E-state index in [1.165, 1.54) is 19.3 Å². The Hall–Kier alpha value is -0.120. The van der Waals surface area contributed by atoms with Crippen molar-refractivity contribution < 1.29 is 4.74 Å². The van der Waals surface area contributed by atoms with Crippen molar-refractivity contribution in [2.45, 2.75) is 52.2 Å². The van der Waals surface area contributed by atoms with Gasteiger partial charge in [0.05, 0.1) is 6.10 Å². The first-order chi connectivity index (χ1) is 7.76. The molecule has 1 rings (SSSR count). The van der Waals surface area contributed by atoms with Gasteiger partial charge in [-0.1, -0.05) is 13.8 Å². The van der Waals surface area contributed by atoms with Crippen LogP contribution in [0.15, 0.2) is 0 Å². The molecule has 96 valence electrons. The van der Waals surface area contributed by atoms with Crippen molar-refractivity contribution in [3.05, 3.63) is 0 Å². The van der Waals surface area contributed by atoms with Crippen LogP contribution in [-0.2, 0) is 4.74 Å². The van der Waals surface area contributed by atoms with Gasteiger partial charge in [0.15, 0.2) is 0 Å². The summed E-state index contributed by atoms with van der Waals surface area (Å²) >= 11 is 0. The number of ether oxygens (including phenoxy) is 1. The first kappa shape index (κ1) is 13.9. The lowest BCUT2D eigenvalue weighted by Crippen LogP contribution is -2.40. The largest absolute Gasteiger partial charge is 0.378 e. The summed E-state index contributed by atoms with van der Waals surface area (Å²) in [5.41, 5.74) is 0. The number of hydrogen-bond acceptors (Lipinski definition) is 3. The fourth-order valence-electron chi connectivity index (χ4n) is 2.30. The molecule has 3 nitrogen and oxygen atoms in total. The Labute approximate surface area is 101 Å². The monoisotopic (exact) mass is 228 g/mol. The molecule has 1 aliphatic heterocycles. The van der Waals surface area contributed by atoms with Crippen molar-refractivity contribution in [1.29, 1.82) is 0 Å². The SMILES string of the molecule is CCN(CC)CC(C)NCCC1CCCO1. The van der Waals surface area contributed by atoms with E-state index in [0.29, 0.717) is 12.1 Å². The Morgan fingerprint density at radius 3 is 2.69 bits per heavy atom. The molecule has 0 spiro atoms. The first-order valence-electron chi connectivity index (χ1n) is 6.83. The molecule has 1 saturated heterocycles. The average Bonchev–Trinajstić information content (AvgIpc) is 2.79. The van der Waals surface area contributed by atoms with Crippen molar-refractivity contribution >= 4 is 0 Å². The van der Waals surface area contributed by atoms with Crippen LogP contribution in [0.4, 0.5) is 0 Å². The van der Waals surface area contributed by atoms with Crippen molar-refractivity contribution in [3.63, 3.8) is 0 Å². The average molecular weight is 228 g/mol. The molecule has 1 N–H and O–H groups in total. The van der Waals surface area contributed by atoms with Gasteiger partial charge < -0.3 is 15.0 Å². The van der Waals surface area contributed by atoms with Gasteiger partial charge in [0.1, 0.15) is 0 Å². The number of nitrogens with zero attached hydrogens (tertiary/aromatic N) is 1. The molecule has 1 fully saturated rings. The minimum Gasteiger partial charge on any atom is -0.378 e. The van der Waals surface area contributed by atoms with Crippen LogP contribution in [0.25, 0.3) is 0 Å². The van der Waals surface area contributed by atoms with E-state index in [9.17, 15) is 0 Å². The standard InChI is InChI=1S/C13H28N2O/c1-4-15(5-2)11-12(3)14-9-8-13-7-6-10-16-13/h12-14H,4-11H2,1-3H3. The molecule has 16 heavy (non-hydrogen) atoms. The van der Waals surface area contributed by atoms with E-state index in [4.69, 9.17) is 4.74 Å². The summed E-state index contributed by atoms with van der Waals surface area (Å²) in [5.74, 6) is 0. The Morgan fingerprint density at radius 2 is 2.12 bits per heavy atom. The van der Waals surface area contributed by atoms with Crippen LogP contribution in [0.3, 0.4) is 0 Å². The van der Waals surface area contributed by atoms with Crippen molar-refractivity contribution in [2.24, 2.45) is 0 Å². The van der Waals surface area contributed by atoms with E-state index in [2.05, 4.69) is 31.0 Å². The van der Waals surface area contributed by atoms with Crippen LogP contribution >= 0.6 is 0 Å². The van der Waals surface area contributed by atoms with E-state index < -0.39 is 0 Å². The lowest BCUT2D eigenvalue weighted by Gasteiger charge is -2.23. The molecule has 0 saturated carbocycles. The molecule has 1 aliphatic rings. The topological polar surface area (TPSA) is 24.5 Å². The van der Waals surface area contributed by atoms with Crippen LogP contribution in [0, 0.1) is 0 Å². The van der Waals surface area contributed by atoms with Gasteiger partial charge in [-0.3, -0.25) is 0 Å². The van der Waals surface area contributed by atoms with Crippen LogP contribution in [0.2, 0.25) is 0 Å². The zero-order valence-electron chi connectivity index (χ0n) is 11.2. The van der Waals surface area contributed by atoms with Crippen molar-refractivity contribution in [3.8, 4) is 0 Å². The molecule has 0 amide bonds. The van der Waals surface area contributed by atoms with Gasteiger partial charge in [-0.25, -0.2) is 0 Å². The third-order valence-corrected chi connectivity index (χ3v) is 3.41. The van der Waals surface area contributed by atoms with Crippen LogP contribution < -0.4 is 5.32 Å². The number of nitrogens with one attached hydrogen (secondary N) is 1. The minimum absolute atomic E-state index is 0.521. The zero-order chi connectivity index (χ0) is 11.8. The quantitative estimate of drug-likeness (QED) is 0.686. The van der Waals surface area contributed by atoms with Crippen LogP contribution in [0.1, 0.15) is 40.0 Å². The van der Waals surface area contributed by atoms with Gasteiger partial charge in [-0.05, 0) is 45.8 Å². The second-order valence-electron chi connectivity index (χ2n) is 4.76.